The summed E-state index contributed by atoms with van der Waals surface area (Å²) in [4.78, 5) is 24.8. The Labute approximate surface area is 113 Å². The second-order valence-corrected chi connectivity index (χ2v) is 5.03. The number of urea groups is 1. The van der Waals surface area contributed by atoms with Gasteiger partial charge in [-0.05, 0) is 24.6 Å². The minimum Gasteiger partial charge on any atom is -0.319 e. The first-order valence-corrected chi connectivity index (χ1v) is 6.05. The molecule has 1 N–H and O–H groups in total. The van der Waals surface area contributed by atoms with Gasteiger partial charge in [0, 0.05) is 4.47 Å². The maximum absolute atomic E-state index is 12.2. The molecule has 0 radical (unpaired) electrons. The van der Waals surface area contributed by atoms with Crippen LogP contribution in [0, 0.1) is 11.3 Å². The van der Waals surface area contributed by atoms with Crippen molar-refractivity contribution in [3.8, 4) is 6.07 Å². The normalized spacial score (nSPS) is 22.8. The maximum Gasteiger partial charge on any atom is 0.326 e. The number of nitrogens with one attached hydrogen (secondary N) is 1. The summed E-state index contributed by atoms with van der Waals surface area (Å²) in [6, 6.07) is 8.43. The predicted octanol–water partition coefficient (Wildman–Crippen LogP) is 1.74. The van der Waals surface area contributed by atoms with Crippen molar-refractivity contribution in [1.82, 2.24) is 10.2 Å². The molecule has 2 rings (SSSR count). The van der Waals surface area contributed by atoms with E-state index in [9.17, 15) is 9.59 Å². The van der Waals surface area contributed by atoms with Crippen molar-refractivity contribution in [2.24, 2.45) is 0 Å². The number of benzene rings is 1. The molecule has 18 heavy (non-hydrogen) atoms. The molecule has 0 bridgehead atoms. The topological polar surface area (TPSA) is 73.2 Å². The second kappa shape index (κ2) is 4.42. The summed E-state index contributed by atoms with van der Waals surface area (Å²) >= 11 is 3.32. The molecule has 1 atom stereocenters. The lowest BCUT2D eigenvalue weighted by atomic mass is 9.92. The van der Waals surface area contributed by atoms with E-state index in [2.05, 4.69) is 21.2 Å². The van der Waals surface area contributed by atoms with Crippen molar-refractivity contribution >= 4 is 27.9 Å². The van der Waals surface area contributed by atoms with Crippen LogP contribution in [0.1, 0.15) is 12.5 Å². The van der Waals surface area contributed by atoms with Crippen molar-refractivity contribution in [1.29, 1.82) is 5.26 Å². The van der Waals surface area contributed by atoms with E-state index in [0.29, 0.717) is 5.56 Å². The van der Waals surface area contributed by atoms with E-state index in [1.54, 1.807) is 31.2 Å². The van der Waals surface area contributed by atoms with Crippen molar-refractivity contribution in [3.05, 3.63) is 34.3 Å². The number of amides is 3. The largest absolute Gasteiger partial charge is 0.326 e. The van der Waals surface area contributed by atoms with Gasteiger partial charge in [-0.2, -0.15) is 5.26 Å². The number of carbonyl (C=O) groups excluding carboxylic acids is 2. The van der Waals surface area contributed by atoms with Crippen molar-refractivity contribution in [2.75, 3.05) is 6.54 Å². The van der Waals surface area contributed by atoms with Gasteiger partial charge in [0.2, 0.25) is 0 Å². The smallest absolute Gasteiger partial charge is 0.319 e. The van der Waals surface area contributed by atoms with E-state index in [1.165, 1.54) is 0 Å². The van der Waals surface area contributed by atoms with E-state index < -0.39 is 17.5 Å². The molecular weight excluding hydrogens is 298 g/mol. The van der Waals surface area contributed by atoms with Crippen LogP contribution in [0.5, 0.6) is 0 Å². The highest BCUT2D eigenvalue weighted by Crippen LogP contribution is 2.30. The third-order valence-corrected chi connectivity index (χ3v) is 3.40. The zero-order valence-electron chi connectivity index (χ0n) is 9.61. The molecule has 1 fully saturated rings. The minimum absolute atomic E-state index is 0.242. The lowest BCUT2D eigenvalue weighted by molar-refractivity contribution is -0.130. The van der Waals surface area contributed by atoms with Gasteiger partial charge in [0.25, 0.3) is 5.91 Å². The molecule has 0 aliphatic carbocycles. The summed E-state index contributed by atoms with van der Waals surface area (Å²) in [7, 11) is 0. The predicted molar refractivity (Wildman–Crippen MR) is 67.4 cm³/mol. The Kier molecular flexibility index (Phi) is 3.09. The number of nitrogens with zero attached hydrogens (tertiary/aromatic N) is 2. The molecule has 1 aliphatic rings. The quantitative estimate of drug-likeness (QED) is 0.668. The number of halogens is 1. The highest BCUT2D eigenvalue weighted by atomic mass is 79.9. The Hall–Kier alpha value is -1.87. The first-order chi connectivity index (χ1) is 8.49. The van der Waals surface area contributed by atoms with Gasteiger partial charge in [0.1, 0.15) is 12.1 Å². The summed E-state index contributed by atoms with van der Waals surface area (Å²) in [6.07, 6.45) is 0. The summed E-state index contributed by atoms with van der Waals surface area (Å²) in [5.41, 5.74) is -0.437. The molecule has 3 amide bonds. The van der Waals surface area contributed by atoms with Crippen molar-refractivity contribution < 1.29 is 9.59 Å². The maximum atomic E-state index is 12.2. The van der Waals surface area contributed by atoms with Crippen molar-refractivity contribution in [3.63, 3.8) is 0 Å². The summed E-state index contributed by atoms with van der Waals surface area (Å²) < 4.78 is 0.821. The zero-order valence-corrected chi connectivity index (χ0v) is 11.2. The van der Waals surface area contributed by atoms with Gasteiger partial charge < -0.3 is 5.32 Å². The number of hydrogen-bond acceptors (Lipinski definition) is 3. The van der Waals surface area contributed by atoms with Gasteiger partial charge in [-0.15, -0.1) is 0 Å². The summed E-state index contributed by atoms with van der Waals surface area (Å²) in [5.74, 6) is -0.410. The van der Waals surface area contributed by atoms with Crippen LogP contribution < -0.4 is 5.32 Å². The number of imide groups is 1. The Bertz CT molecular complexity index is 567. The standard InChI is InChI=1S/C12H10BrN3O2/c1-12(8-3-2-4-9(13)7-8)10(17)16(6-5-14)11(18)15-12/h2-4,7H,6H2,1H3,(H,15,18)/t12-/m1/s1. The van der Waals surface area contributed by atoms with Crippen LogP contribution in [0.25, 0.3) is 0 Å². The molecule has 5 nitrogen and oxygen atoms in total. The van der Waals surface area contributed by atoms with Crippen LogP contribution in [-0.4, -0.2) is 23.4 Å². The number of carbonyl (C=O) groups is 2. The van der Waals surface area contributed by atoms with E-state index in [1.807, 2.05) is 6.07 Å². The fraction of sp³-hybridized carbons (Fsp3) is 0.250. The molecule has 92 valence electrons. The van der Waals surface area contributed by atoms with E-state index in [4.69, 9.17) is 5.26 Å². The molecule has 1 aromatic rings. The Morgan fingerprint density at radius 2 is 2.22 bits per heavy atom. The van der Waals surface area contributed by atoms with Gasteiger partial charge in [0.15, 0.2) is 0 Å². The zero-order chi connectivity index (χ0) is 13.3. The van der Waals surface area contributed by atoms with Crippen LogP contribution in [0.4, 0.5) is 4.79 Å². The number of rotatable bonds is 2. The van der Waals surface area contributed by atoms with Crippen LogP contribution in [-0.2, 0) is 10.3 Å². The van der Waals surface area contributed by atoms with Crippen LogP contribution in [0.2, 0.25) is 0 Å². The van der Waals surface area contributed by atoms with Crippen LogP contribution >= 0.6 is 15.9 Å². The Morgan fingerprint density at radius 1 is 1.50 bits per heavy atom. The highest BCUT2D eigenvalue weighted by Gasteiger charge is 2.48. The van der Waals surface area contributed by atoms with Gasteiger partial charge in [-0.3, -0.25) is 4.79 Å². The first kappa shape index (κ1) is 12.6. The third-order valence-electron chi connectivity index (χ3n) is 2.91. The van der Waals surface area contributed by atoms with Crippen LogP contribution in [0.3, 0.4) is 0 Å². The lowest BCUT2D eigenvalue weighted by Crippen LogP contribution is -2.40. The van der Waals surface area contributed by atoms with Gasteiger partial charge >= 0.3 is 6.03 Å². The lowest BCUT2D eigenvalue weighted by Gasteiger charge is -2.21. The molecule has 0 aromatic heterocycles. The number of hydrogen-bond donors (Lipinski definition) is 1. The minimum atomic E-state index is -1.11. The monoisotopic (exact) mass is 307 g/mol. The van der Waals surface area contributed by atoms with Gasteiger partial charge in [-0.1, -0.05) is 28.1 Å². The highest BCUT2D eigenvalue weighted by molar-refractivity contribution is 9.10. The summed E-state index contributed by atoms with van der Waals surface area (Å²) in [6.45, 7) is 1.39. The molecule has 0 unspecified atom stereocenters. The average Bonchev–Trinajstić information content (AvgIpc) is 2.55. The fourth-order valence-electron chi connectivity index (χ4n) is 1.91. The fourth-order valence-corrected chi connectivity index (χ4v) is 2.31. The van der Waals surface area contributed by atoms with Crippen molar-refractivity contribution in [2.45, 2.75) is 12.5 Å². The van der Waals surface area contributed by atoms with Gasteiger partial charge in [0.05, 0.1) is 6.07 Å². The van der Waals surface area contributed by atoms with E-state index in [-0.39, 0.29) is 6.54 Å². The average molecular weight is 308 g/mol. The second-order valence-electron chi connectivity index (χ2n) is 4.11. The molecule has 1 saturated heterocycles. The molecular formula is C12H10BrN3O2. The third kappa shape index (κ3) is 1.87. The summed E-state index contributed by atoms with van der Waals surface area (Å²) in [5, 5.41) is 11.2. The van der Waals surface area contributed by atoms with Gasteiger partial charge in [-0.25, -0.2) is 9.69 Å². The Balaban J connectivity index is 2.42. The van der Waals surface area contributed by atoms with Crippen LogP contribution in [0.15, 0.2) is 28.7 Å². The van der Waals surface area contributed by atoms with E-state index >= 15 is 0 Å². The molecule has 0 spiro atoms. The molecule has 1 aliphatic heterocycles. The Morgan fingerprint density at radius 3 is 2.83 bits per heavy atom. The number of nitriles is 1. The molecule has 1 heterocycles. The van der Waals surface area contributed by atoms with E-state index in [0.717, 1.165) is 9.37 Å². The molecule has 6 heteroatoms. The SMILES string of the molecule is C[C@]1(c2cccc(Br)c2)NC(=O)N(CC#N)C1=O. The first-order valence-electron chi connectivity index (χ1n) is 5.26. The molecule has 1 aromatic carbocycles. The molecule has 0 saturated carbocycles.